The minimum atomic E-state index is -0.780. The highest BCUT2D eigenvalue weighted by Gasteiger charge is 2.39. The summed E-state index contributed by atoms with van der Waals surface area (Å²) in [6.07, 6.45) is 0.792. The maximum atomic E-state index is 12.4. The van der Waals surface area contributed by atoms with Gasteiger partial charge in [-0.25, -0.2) is 0 Å². The standard InChI is InChI=1S/C14H22N2O4/c1-3-15-8-10(6-12(15)17)13(18)16-5-4-11(14(19)20)9(2)7-16/h9-11H,3-8H2,1-2H3,(H,19,20). The first-order chi connectivity index (χ1) is 9.43. The van der Waals surface area contributed by atoms with Crippen LogP contribution in [0.2, 0.25) is 0 Å². The van der Waals surface area contributed by atoms with Crippen molar-refractivity contribution in [3.8, 4) is 0 Å². The summed E-state index contributed by atoms with van der Waals surface area (Å²) in [6.45, 7) is 5.88. The molecular formula is C14H22N2O4. The summed E-state index contributed by atoms with van der Waals surface area (Å²) in [4.78, 5) is 38.6. The lowest BCUT2D eigenvalue weighted by Crippen LogP contribution is -2.47. The van der Waals surface area contributed by atoms with Gasteiger partial charge in [0.2, 0.25) is 11.8 Å². The van der Waals surface area contributed by atoms with E-state index in [2.05, 4.69) is 0 Å². The van der Waals surface area contributed by atoms with Gasteiger partial charge in [0.05, 0.1) is 11.8 Å². The largest absolute Gasteiger partial charge is 0.481 e. The second-order valence-electron chi connectivity index (χ2n) is 5.83. The van der Waals surface area contributed by atoms with E-state index in [0.29, 0.717) is 39.0 Å². The average molecular weight is 282 g/mol. The lowest BCUT2D eigenvalue weighted by atomic mass is 9.86. The molecule has 1 N–H and O–H groups in total. The second-order valence-corrected chi connectivity index (χ2v) is 5.83. The van der Waals surface area contributed by atoms with E-state index in [-0.39, 0.29) is 29.6 Å². The Hall–Kier alpha value is -1.59. The summed E-state index contributed by atoms with van der Waals surface area (Å²) in [5.41, 5.74) is 0. The first kappa shape index (κ1) is 14.8. The van der Waals surface area contributed by atoms with Crippen LogP contribution in [0.3, 0.4) is 0 Å². The van der Waals surface area contributed by atoms with E-state index in [1.807, 2.05) is 13.8 Å². The average Bonchev–Trinajstić information content (AvgIpc) is 2.78. The summed E-state index contributed by atoms with van der Waals surface area (Å²) in [7, 11) is 0. The van der Waals surface area contributed by atoms with Gasteiger partial charge in [-0.15, -0.1) is 0 Å². The van der Waals surface area contributed by atoms with E-state index in [0.717, 1.165) is 0 Å². The van der Waals surface area contributed by atoms with Crippen molar-refractivity contribution in [2.45, 2.75) is 26.7 Å². The van der Waals surface area contributed by atoms with Crippen LogP contribution < -0.4 is 0 Å². The Morgan fingerprint density at radius 2 is 2.05 bits per heavy atom. The van der Waals surface area contributed by atoms with Crippen LogP contribution in [0.1, 0.15) is 26.7 Å². The van der Waals surface area contributed by atoms with Gasteiger partial charge in [-0.1, -0.05) is 6.92 Å². The van der Waals surface area contributed by atoms with Crippen molar-refractivity contribution < 1.29 is 19.5 Å². The number of amides is 2. The highest BCUT2D eigenvalue weighted by molar-refractivity contribution is 5.89. The number of hydrogen-bond acceptors (Lipinski definition) is 3. The van der Waals surface area contributed by atoms with Crippen LogP contribution in [0.4, 0.5) is 0 Å². The molecule has 0 spiro atoms. The van der Waals surface area contributed by atoms with Crippen molar-refractivity contribution in [3.63, 3.8) is 0 Å². The van der Waals surface area contributed by atoms with Crippen molar-refractivity contribution in [2.75, 3.05) is 26.2 Å². The Labute approximate surface area is 118 Å². The second kappa shape index (κ2) is 5.81. The molecule has 2 aliphatic rings. The molecule has 0 radical (unpaired) electrons. The third kappa shape index (κ3) is 2.78. The first-order valence-electron chi connectivity index (χ1n) is 7.23. The van der Waals surface area contributed by atoms with E-state index in [9.17, 15) is 14.4 Å². The van der Waals surface area contributed by atoms with Gasteiger partial charge in [0, 0.05) is 32.6 Å². The fraction of sp³-hybridized carbons (Fsp3) is 0.786. The number of likely N-dealkylation sites (tertiary alicyclic amines) is 2. The minimum Gasteiger partial charge on any atom is -0.481 e. The molecule has 0 aromatic rings. The van der Waals surface area contributed by atoms with Gasteiger partial charge in [-0.05, 0) is 19.3 Å². The monoisotopic (exact) mass is 282 g/mol. The number of carbonyl (C=O) groups excluding carboxylic acids is 2. The Bertz CT molecular complexity index is 423. The smallest absolute Gasteiger partial charge is 0.306 e. The zero-order chi connectivity index (χ0) is 14.9. The predicted octanol–water partition coefficient (Wildman–Crippen LogP) is 0.424. The maximum Gasteiger partial charge on any atom is 0.306 e. The molecule has 2 rings (SSSR count). The first-order valence-corrected chi connectivity index (χ1v) is 7.23. The van der Waals surface area contributed by atoms with Crippen molar-refractivity contribution in [2.24, 2.45) is 17.8 Å². The van der Waals surface area contributed by atoms with Crippen molar-refractivity contribution in [1.29, 1.82) is 0 Å². The van der Waals surface area contributed by atoms with Gasteiger partial charge < -0.3 is 14.9 Å². The van der Waals surface area contributed by atoms with Crippen LogP contribution in [0.5, 0.6) is 0 Å². The number of rotatable bonds is 3. The molecule has 2 heterocycles. The number of hydrogen-bond donors (Lipinski definition) is 1. The molecule has 3 unspecified atom stereocenters. The Morgan fingerprint density at radius 3 is 2.55 bits per heavy atom. The van der Waals surface area contributed by atoms with Gasteiger partial charge in [0.25, 0.3) is 0 Å². The van der Waals surface area contributed by atoms with Crippen LogP contribution in [0.15, 0.2) is 0 Å². The summed E-state index contributed by atoms with van der Waals surface area (Å²) in [5.74, 6) is -1.39. The summed E-state index contributed by atoms with van der Waals surface area (Å²) >= 11 is 0. The molecule has 112 valence electrons. The molecular weight excluding hydrogens is 260 g/mol. The Kier molecular flexibility index (Phi) is 4.30. The van der Waals surface area contributed by atoms with Gasteiger partial charge >= 0.3 is 5.97 Å². The van der Waals surface area contributed by atoms with Crippen molar-refractivity contribution >= 4 is 17.8 Å². The molecule has 6 nitrogen and oxygen atoms in total. The molecule has 0 aliphatic carbocycles. The number of nitrogens with zero attached hydrogens (tertiary/aromatic N) is 2. The van der Waals surface area contributed by atoms with Crippen LogP contribution >= 0.6 is 0 Å². The molecule has 0 aromatic heterocycles. The zero-order valence-electron chi connectivity index (χ0n) is 12.0. The van der Waals surface area contributed by atoms with E-state index in [4.69, 9.17) is 5.11 Å². The highest BCUT2D eigenvalue weighted by Crippen LogP contribution is 2.27. The molecule has 3 atom stereocenters. The van der Waals surface area contributed by atoms with Crippen LogP contribution in [0.25, 0.3) is 0 Å². The topological polar surface area (TPSA) is 77.9 Å². The number of carbonyl (C=O) groups is 3. The molecule has 20 heavy (non-hydrogen) atoms. The van der Waals surface area contributed by atoms with Gasteiger partial charge in [0.1, 0.15) is 0 Å². The summed E-state index contributed by atoms with van der Waals surface area (Å²) < 4.78 is 0. The van der Waals surface area contributed by atoms with E-state index >= 15 is 0 Å². The Balaban J connectivity index is 1.95. The van der Waals surface area contributed by atoms with E-state index in [1.54, 1.807) is 9.80 Å². The predicted molar refractivity (Wildman–Crippen MR) is 71.8 cm³/mol. The zero-order valence-corrected chi connectivity index (χ0v) is 12.0. The van der Waals surface area contributed by atoms with Crippen LogP contribution in [-0.2, 0) is 14.4 Å². The minimum absolute atomic E-state index is 0.00462. The number of carboxylic acids is 1. The van der Waals surface area contributed by atoms with Crippen molar-refractivity contribution in [1.82, 2.24) is 9.80 Å². The Morgan fingerprint density at radius 1 is 1.35 bits per heavy atom. The number of piperidine rings is 1. The SMILES string of the molecule is CCN1CC(C(=O)N2CCC(C(=O)O)C(C)C2)CC1=O. The summed E-state index contributed by atoms with van der Waals surface area (Å²) in [6, 6.07) is 0. The maximum absolute atomic E-state index is 12.4. The third-order valence-electron chi connectivity index (χ3n) is 4.48. The molecule has 2 aliphatic heterocycles. The lowest BCUT2D eigenvalue weighted by molar-refractivity contribution is -0.149. The summed E-state index contributed by atoms with van der Waals surface area (Å²) in [5, 5.41) is 9.09. The molecule has 2 amide bonds. The fourth-order valence-electron chi connectivity index (χ4n) is 3.21. The van der Waals surface area contributed by atoms with Gasteiger partial charge in [-0.3, -0.25) is 14.4 Å². The normalized spacial score (nSPS) is 30.7. The molecule has 2 fully saturated rings. The molecule has 6 heteroatoms. The van der Waals surface area contributed by atoms with E-state index < -0.39 is 5.97 Å². The quantitative estimate of drug-likeness (QED) is 0.814. The molecule has 0 aromatic carbocycles. The third-order valence-corrected chi connectivity index (χ3v) is 4.48. The molecule has 0 saturated carbocycles. The highest BCUT2D eigenvalue weighted by atomic mass is 16.4. The van der Waals surface area contributed by atoms with Crippen LogP contribution in [-0.4, -0.2) is 58.9 Å². The molecule has 0 bridgehead atoms. The van der Waals surface area contributed by atoms with Crippen molar-refractivity contribution in [3.05, 3.63) is 0 Å². The molecule has 2 saturated heterocycles. The van der Waals surface area contributed by atoms with Gasteiger partial charge in [0.15, 0.2) is 0 Å². The number of aliphatic carboxylic acids is 1. The van der Waals surface area contributed by atoms with Gasteiger partial charge in [-0.2, -0.15) is 0 Å². The fourth-order valence-corrected chi connectivity index (χ4v) is 3.21. The van der Waals surface area contributed by atoms with Crippen LogP contribution in [0, 0.1) is 17.8 Å². The lowest BCUT2D eigenvalue weighted by Gasteiger charge is -2.36. The number of carboxylic acid groups (broad SMARTS) is 1. The van der Waals surface area contributed by atoms with E-state index in [1.165, 1.54) is 0 Å².